The van der Waals surface area contributed by atoms with Gasteiger partial charge < -0.3 is 0 Å². The first kappa shape index (κ1) is 38.4. The van der Waals surface area contributed by atoms with Crippen LogP contribution in [0.1, 0.15) is 44.5 Å². The molecule has 56 heavy (non-hydrogen) atoms. The number of alkyl halides is 6. The Morgan fingerprint density at radius 2 is 0.607 bits per heavy atom. The van der Waals surface area contributed by atoms with Crippen LogP contribution in [0.15, 0.2) is 133 Å². The van der Waals surface area contributed by atoms with Crippen LogP contribution < -0.4 is 0 Å². The average Bonchev–Trinajstić information content (AvgIpc) is 3.15. The summed E-state index contributed by atoms with van der Waals surface area (Å²) in [6.07, 6.45) is -9.42. The summed E-state index contributed by atoms with van der Waals surface area (Å²) in [4.78, 5) is 0. The van der Waals surface area contributed by atoms with Gasteiger partial charge in [-0.2, -0.15) is 26.3 Å². The van der Waals surface area contributed by atoms with Crippen molar-refractivity contribution in [3.8, 4) is 66.8 Å². The highest BCUT2D eigenvalue weighted by molar-refractivity contribution is 6.00. The molecule has 7 rings (SSSR count). The van der Waals surface area contributed by atoms with Crippen molar-refractivity contribution in [1.82, 2.24) is 0 Å². The molecule has 0 spiro atoms. The molecule has 0 unspecified atom stereocenters. The lowest BCUT2D eigenvalue weighted by Gasteiger charge is -2.26. The number of hydrogen-bond donors (Lipinski definition) is 0. The van der Waals surface area contributed by atoms with Gasteiger partial charge in [-0.3, -0.25) is 0 Å². The Bertz CT molecular complexity index is 2410. The van der Waals surface area contributed by atoms with E-state index in [1.54, 1.807) is 24.3 Å². The molecular weight excluding hydrogens is 715 g/mol. The smallest absolute Gasteiger partial charge is 0.166 e. The molecule has 7 aromatic carbocycles. The molecule has 282 valence electrons. The van der Waals surface area contributed by atoms with Crippen molar-refractivity contribution in [2.45, 2.75) is 53.9 Å². The lowest BCUT2D eigenvalue weighted by Crippen LogP contribution is -2.09. The average molecular weight is 755 g/mol. The Balaban J connectivity index is 1.71. The van der Waals surface area contributed by atoms with E-state index < -0.39 is 23.5 Å². The third kappa shape index (κ3) is 6.94. The van der Waals surface area contributed by atoms with Gasteiger partial charge in [0.05, 0.1) is 11.1 Å². The molecule has 0 saturated carbocycles. The van der Waals surface area contributed by atoms with Gasteiger partial charge >= 0.3 is 12.4 Å². The molecule has 0 aliphatic heterocycles. The van der Waals surface area contributed by atoms with E-state index in [1.165, 1.54) is 24.3 Å². The van der Waals surface area contributed by atoms with Gasteiger partial charge in [0.15, 0.2) is 0 Å². The summed E-state index contributed by atoms with van der Waals surface area (Å²) < 4.78 is 90.0. The molecule has 0 saturated heterocycles. The van der Waals surface area contributed by atoms with E-state index in [0.717, 1.165) is 67.8 Å². The van der Waals surface area contributed by atoms with Crippen LogP contribution in [0, 0.1) is 41.5 Å². The van der Waals surface area contributed by atoms with Crippen molar-refractivity contribution >= 4 is 0 Å². The largest absolute Gasteiger partial charge is 0.417 e. The molecule has 0 amide bonds. The molecule has 0 aromatic heterocycles. The Morgan fingerprint density at radius 3 is 0.946 bits per heavy atom. The van der Waals surface area contributed by atoms with Gasteiger partial charge in [0.1, 0.15) is 0 Å². The lowest BCUT2D eigenvalue weighted by molar-refractivity contribution is -0.137. The van der Waals surface area contributed by atoms with Gasteiger partial charge in [-0.1, -0.05) is 109 Å². The van der Waals surface area contributed by atoms with Gasteiger partial charge in [-0.05, 0) is 166 Å². The molecule has 0 radical (unpaired) electrons. The monoisotopic (exact) mass is 754 g/mol. The zero-order valence-corrected chi connectivity index (χ0v) is 32.0. The van der Waals surface area contributed by atoms with Gasteiger partial charge in [0.2, 0.25) is 0 Å². The molecular formula is C50H40F6. The predicted octanol–water partition coefficient (Wildman–Crippen LogP) is 15.6. The van der Waals surface area contributed by atoms with Crippen molar-refractivity contribution < 1.29 is 26.3 Å². The van der Waals surface area contributed by atoms with Crippen molar-refractivity contribution in [2.24, 2.45) is 0 Å². The number of halogens is 6. The fraction of sp³-hybridized carbons (Fsp3) is 0.160. The van der Waals surface area contributed by atoms with Crippen LogP contribution in [0.5, 0.6) is 0 Å². The number of aryl methyl sites for hydroxylation is 4. The summed E-state index contributed by atoms with van der Waals surface area (Å²) in [5.74, 6) is 0. The van der Waals surface area contributed by atoms with Crippen LogP contribution in [-0.4, -0.2) is 0 Å². The standard InChI is InChI=1S/C50H40F6/c1-29-25-31(3)47(33(5)45(29)35-17-9-7-10-18-35)41-27-40(38-22-14-16-24-44(38)50(54,55)56)42(28-39(41)37-21-13-15-23-43(37)49(51,52)53)48-32(4)26-30(2)46(34(48)6)36-19-11-8-12-20-36/h7-28H,1-6H3. The second-order valence-electron chi connectivity index (χ2n) is 14.5. The quantitative estimate of drug-likeness (QED) is 0.148. The van der Waals surface area contributed by atoms with E-state index >= 15 is 26.3 Å². The SMILES string of the molecule is Cc1cc(C)c(-c2cc(-c3ccccc3C(F)(F)F)c(-c3c(C)cc(C)c(-c4ccccc4)c3C)cc2-c2ccccc2C(F)(F)F)c(C)c1-c1ccccc1. The summed E-state index contributed by atoms with van der Waals surface area (Å²) in [5.41, 5.74) is 9.80. The van der Waals surface area contributed by atoms with Crippen molar-refractivity contribution in [1.29, 1.82) is 0 Å². The molecule has 0 N–H and O–H groups in total. The van der Waals surface area contributed by atoms with Crippen LogP contribution >= 0.6 is 0 Å². The molecule has 0 bridgehead atoms. The number of benzene rings is 7. The zero-order chi connectivity index (χ0) is 40.1. The minimum absolute atomic E-state index is 0.0572. The van der Waals surface area contributed by atoms with Gasteiger partial charge in [0, 0.05) is 0 Å². The minimum atomic E-state index is -4.71. The second-order valence-corrected chi connectivity index (χ2v) is 14.5. The molecule has 0 fully saturated rings. The fourth-order valence-corrected chi connectivity index (χ4v) is 8.69. The van der Waals surface area contributed by atoms with Crippen LogP contribution in [-0.2, 0) is 12.4 Å². The molecule has 7 aromatic rings. The fourth-order valence-electron chi connectivity index (χ4n) is 8.69. The maximum absolute atomic E-state index is 15.0. The highest BCUT2D eigenvalue weighted by atomic mass is 19.4. The van der Waals surface area contributed by atoms with E-state index in [-0.39, 0.29) is 22.3 Å². The van der Waals surface area contributed by atoms with Gasteiger partial charge in [0.25, 0.3) is 0 Å². The summed E-state index contributed by atoms with van der Waals surface area (Å²) in [6.45, 7) is 11.7. The number of hydrogen-bond acceptors (Lipinski definition) is 0. The summed E-state index contributed by atoms with van der Waals surface area (Å²) in [7, 11) is 0. The molecule has 0 aliphatic carbocycles. The first-order valence-corrected chi connectivity index (χ1v) is 18.4. The minimum Gasteiger partial charge on any atom is -0.166 e. The normalized spacial score (nSPS) is 11.9. The molecule has 0 aliphatic rings. The van der Waals surface area contributed by atoms with E-state index in [9.17, 15) is 0 Å². The maximum Gasteiger partial charge on any atom is 0.417 e. The Labute approximate surface area is 324 Å². The van der Waals surface area contributed by atoms with Crippen LogP contribution in [0.2, 0.25) is 0 Å². The molecule has 0 nitrogen and oxygen atoms in total. The summed E-state index contributed by atoms with van der Waals surface area (Å²) in [6, 6.07) is 37.7. The van der Waals surface area contributed by atoms with Crippen LogP contribution in [0.4, 0.5) is 26.3 Å². The van der Waals surface area contributed by atoms with E-state index in [0.29, 0.717) is 22.3 Å². The van der Waals surface area contributed by atoms with Crippen LogP contribution in [0.25, 0.3) is 66.8 Å². The second kappa shape index (κ2) is 14.6. The Kier molecular flexibility index (Phi) is 10.0. The first-order chi connectivity index (χ1) is 26.6. The summed E-state index contributed by atoms with van der Waals surface area (Å²) in [5, 5.41) is 0. The maximum atomic E-state index is 15.0. The first-order valence-electron chi connectivity index (χ1n) is 18.4. The van der Waals surface area contributed by atoms with Crippen molar-refractivity contribution in [2.75, 3.05) is 0 Å². The molecule has 6 heteroatoms. The van der Waals surface area contributed by atoms with Crippen LogP contribution in [0.3, 0.4) is 0 Å². The number of rotatable bonds is 6. The Morgan fingerprint density at radius 1 is 0.304 bits per heavy atom. The molecule has 0 atom stereocenters. The van der Waals surface area contributed by atoms with E-state index in [1.807, 2.05) is 114 Å². The zero-order valence-electron chi connectivity index (χ0n) is 32.0. The highest BCUT2D eigenvalue weighted by Gasteiger charge is 2.37. The Hall–Kier alpha value is -5.88. The van der Waals surface area contributed by atoms with E-state index in [4.69, 9.17) is 0 Å². The highest BCUT2D eigenvalue weighted by Crippen LogP contribution is 2.51. The van der Waals surface area contributed by atoms with Gasteiger partial charge in [-0.15, -0.1) is 0 Å². The molecule has 0 heterocycles. The van der Waals surface area contributed by atoms with Crippen molar-refractivity contribution in [3.63, 3.8) is 0 Å². The lowest BCUT2D eigenvalue weighted by atomic mass is 9.78. The van der Waals surface area contributed by atoms with Crippen molar-refractivity contribution in [3.05, 3.63) is 178 Å². The third-order valence-corrected chi connectivity index (χ3v) is 10.8. The third-order valence-electron chi connectivity index (χ3n) is 10.8. The topological polar surface area (TPSA) is 0 Å². The predicted molar refractivity (Wildman–Crippen MR) is 217 cm³/mol. The van der Waals surface area contributed by atoms with E-state index in [2.05, 4.69) is 0 Å². The summed E-state index contributed by atoms with van der Waals surface area (Å²) >= 11 is 0. The van der Waals surface area contributed by atoms with Gasteiger partial charge in [-0.25, -0.2) is 0 Å².